The summed E-state index contributed by atoms with van der Waals surface area (Å²) in [5.41, 5.74) is 1.21. The van der Waals surface area contributed by atoms with Crippen LogP contribution in [0.1, 0.15) is 13.8 Å². The number of hydrogen-bond acceptors (Lipinski definition) is 4. The van der Waals surface area contributed by atoms with E-state index in [0.29, 0.717) is 6.04 Å². The average Bonchev–Trinajstić information content (AvgIpc) is 2.71. The molecule has 1 aromatic rings. The number of piperazine rings is 2. The van der Waals surface area contributed by atoms with E-state index >= 15 is 0 Å². The van der Waals surface area contributed by atoms with E-state index in [1.54, 1.807) is 0 Å². The number of nitrogens with one attached hydrogen (secondary N) is 1. The summed E-state index contributed by atoms with van der Waals surface area (Å²) in [5.74, 6) is 1.05. The minimum Gasteiger partial charge on any atom is -0.368 e. The van der Waals surface area contributed by atoms with Crippen LogP contribution in [0.2, 0.25) is 5.02 Å². The maximum atomic E-state index is 6.15. The molecule has 7 heteroatoms. The van der Waals surface area contributed by atoms with Gasteiger partial charge in [-0.05, 0) is 39.1 Å². The molecule has 2 aliphatic heterocycles. The van der Waals surface area contributed by atoms with Gasteiger partial charge in [0.2, 0.25) is 0 Å². The maximum absolute atomic E-state index is 6.15. The lowest BCUT2D eigenvalue weighted by Gasteiger charge is -2.38. The van der Waals surface area contributed by atoms with Crippen molar-refractivity contribution in [2.24, 2.45) is 4.99 Å². The molecule has 156 valence electrons. The van der Waals surface area contributed by atoms with Gasteiger partial charge in [-0.1, -0.05) is 17.7 Å². The summed E-state index contributed by atoms with van der Waals surface area (Å²) < 4.78 is 0. The topological polar surface area (TPSA) is 37.4 Å². The Kier molecular flexibility index (Phi) is 7.82. The van der Waals surface area contributed by atoms with Gasteiger partial charge in [-0.25, -0.2) is 0 Å². The first kappa shape index (κ1) is 21.2. The summed E-state index contributed by atoms with van der Waals surface area (Å²) in [6.45, 7) is 14.7. The lowest BCUT2D eigenvalue weighted by molar-refractivity contribution is 0.122. The predicted molar refractivity (Wildman–Crippen MR) is 120 cm³/mol. The summed E-state index contributed by atoms with van der Waals surface area (Å²) in [4.78, 5) is 14.7. The van der Waals surface area contributed by atoms with E-state index in [2.05, 4.69) is 51.9 Å². The highest BCUT2D eigenvalue weighted by Crippen LogP contribution is 2.20. The number of likely N-dealkylation sites (N-methyl/N-ethyl adjacent to an activating group) is 1. The number of anilines is 1. The molecule has 28 heavy (non-hydrogen) atoms. The molecule has 1 aromatic carbocycles. The van der Waals surface area contributed by atoms with Crippen LogP contribution < -0.4 is 10.2 Å². The number of hydrogen-bond donors (Lipinski definition) is 1. The summed E-state index contributed by atoms with van der Waals surface area (Å²) in [5, 5.41) is 4.29. The van der Waals surface area contributed by atoms with Crippen molar-refractivity contribution < 1.29 is 0 Å². The monoisotopic (exact) mass is 406 g/mol. The average molecular weight is 407 g/mol. The van der Waals surface area contributed by atoms with Crippen molar-refractivity contribution in [2.45, 2.75) is 19.9 Å². The van der Waals surface area contributed by atoms with Gasteiger partial charge in [-0.3, -0.25) is 9.89 Å². The lowest BCUT2D eigenvalue weighted by Crippen LogP contribution is -2.53. The third-order valence-electron chi connectivity index (χ3n) is 5.75. The minimum absolute atomic E-state index is 0.482. The number of aliphatic imine (C=N–C) groups is 1. The van der Waals surface area contributed by atoms with E-state index in [9.17, 15) is 0 Å². The van der Waals surface area contributed by atoms with Crippen LogP contribution in [-0.4, -0.2) is 99.2 Å². The Labute approximate surface area is 175 Å². The van der Waals surface area contributed by atoms with Crippen molar-refractivity contribution in [1.82, 2.24) is 20.0 Å². The molecule has 3 rings (SSSR count). The van der Waals surface area contributed by atoms with Gasteiger partial charge in [0.15, 0.2) is 5.96 Å². The van der Waals surface area contributed by atoms with Crippen molar-refractivity contribution in [2.75, 3.05) is 77.4 Å². The molecule has 1 atom stereocenters. The Morgan fingerprint density at radius 2 is 1.82 bits per heavy atom. The molecule has 1 unspecified atom stereocenters. The maximum Gasteiger partial charge on any atom is 0.194 e. The van der Waals surface area contributed by atoms with Crippen LogP contribution in [0.15, 0.2) is 29.3 Å². The van der Waals surface area contributed by atoms with Gasteiger partial charge in [0, 0.05) is 75.7 Å². The first-order chi connectivity index (χ1) is 13.6. The van der Waals surface area contributed by atoms with Crippen LogP contribution in [0.5, 0.6) is 0 Å². The normalized spacial score (nSPS) is 21.1. The van der Waals surface area contributed by atoms with E-state index in [1.807, 2.05) is 18.2 Å². The Morgan fingerprint density at radius 1 is 1.11 bits per heavy atom. The zero-order valence-electron chi connectivity index (χ0n) is 17.6. The van der Waals surface area contributed by atoms with Crippen molar-refractivity contribution in [1.29, 1.82) is 0 Å². The molecule has 6 nitrogen and oxygen atoms in total. The SMILES string of the molecule is CCNC(=NCC(C)N1CCN(C)CC1)N1CCN(c2cccc(Cl)c2)CC1. The quantitative estimate of drug-likeness (QED) is 0.598. The van der Waals surface area contributed by atoms with Crippen molar-refractivity contribution in [3.8, 4) is 0 Å². The van der Waals surface area contributed by atoms with E-state index in [0.717, 1.165) is 76.4 Å². The van der Waals surface area contributed by atoms with Gasteiger partial charge in [0.1, 0.15) is 0 Å². The van der Waals surface area contributed by atoms with Crippen LogP contribution >= 0.6 is 11.6 Å². The van der Waals surface area contributed by atoms with Crippen molar-refractivity contribution >= 4 is 23.2 Å². The molecule has 2 aliphatic rings. The standard InChI is InChI=1S/C21H35ClN6/c1-4-23-21(24-17-18(2)26-10-8-25(3)9-11-26)28-14-12-27(13-15-28)20-7-5-6-19(22)16-20/h5-7,16,18H,4,8-15,17H2,1-3H3,(H,23,24). The molecule has 0 aliphatic carbocycles. The molecule has 0 aromatic heterocycles. The van der Waals surface area contributed by atoms with Crippen LogP contribution in [0.3, 0.4) is 0 Å². The summed E-state index contributed by atoms with van der Waals surface area (Å²) >= 11 is 6.15. The fraction of sp³-hybridized carbons (Fsp3) is 0.667. The third kappa shape index (κ3) is 5.75. The molecule has 0 amide bonds. The van der Waals surface area contributed by atoms with Gasteiger partial charge in [0.25, 0.3) is 0 Å². The summed E-state index contributed by atoms with van der Waals surface area (Å²) in [6.07, 6.45) is 0. The van der Waals surface area contributed by atoms with Crippen molar-refractivity contribution in [3.63, 3.8) is 0 Å². The first-order valence-corrected chi connectivity index (χ1v) is 10.9. The summed E-state index contributed by atoms with van der Waals surface area (Å²) in [7, 11) is 2.20. The second kappa shape index (κ2) is 10.3. The van der Waals surface area contributed by atoms with E-state index in [-0.39, 0.29) is 0 Å². The molecule has 0 saturated carbocycles. The van der Waals surface area contributed by atoms with Crippen LogP contribution in [0.25, 0.3) is 0 Å². The molecule has 2 heterocycles. The second-order valence-electron chi connectivity index (χ2n) is 7.84. The van der Waals surface area contributed by atoms with Gasteiger partial charge < -0.3 is 20.0 Å². The Bertz CT molecular complexity index is 636. The molecule has 0 bridgehead atoms. The highest BCUT2D eigenvalue weighted by molar-refractivity contribution is 6.30. The largest absolute Gasteiger partial charge is 0.368 e. The van der Waals surface area contributed by atoms with E-state index < -0.39 is 0 Å². The predicted octanol–water partition coefficient (Wildman–Crippen LogP) is 2.06. The molecule has 1 N–H and O–H groups in total. The van der Waals surface area contributed by atoms with E-state index in [4.69, 9.17) is 16.6 Å². The van der Waals surface area contributed by atoms with Crippen LogP contribution in [-0.2, 0) is 0 Å². The zero-order chi connectivity index (χ0) is 19.9. The number of rotatable bonds is 5. The summed E-state index contributed by atoms with van der Waals surface area (Å²) in [6, 6.07) is 8.62. The van der Waals surface area contributed by atoms with E-state index in [1.165, 1.54) is 5.69 Å². The molecular weight excluding hydrogens is 372 g/mol. The molecular formula is C21H35ClN6. The zero-order valence-corrected chi connectivity index (χ0v) is 18.3. The van der Waals surface area contributed by atoms with Crippen LogP contribution in [0.4, 0.5) is 5.69 Å². The molecule has 2 saturated heterocycles. The fourth-order valence-corrected chi connectivity index (χ4v) is 4.06. The van der Waals surface area contributed by atoms with Gasteiger partial charge in [-0.2, -0.15) is 0 Å². The number of nitrogens with zero attached hydrogens (tertiary/aromatic N) is 5. The van der Waals surface area contributed by atoms with Gasteiger partial charge in [0.05, 0.1) is 6.54 Å². The Morgan fingerprint density at radius 3 is 2.46 bits per heavy atom. The molecule has 0 spiro atoms. The smallest absolute Gasteiger partial charge is 0.194 e. The third-order valence-corrected chi connectivity index (χ3v) is 5.99. The first-order valence-electron chi connectivity index (χ1n) is 10.5. The highest BCUT2D eigenvalue weighted by Gasteiger charge is 2.22. The molecule has 0 radical (unpaired) electrons. The minimum atomic E-state index is 0.482. The van der Waals surface area contributed by atoms with Gasteiger partial charge >= 0.3 is 0 Å². The van der Waals surface area contributed by atoms with Crippen molar-refractivity contribution in [3.05, 3.63) is 29.3 Å². The number of halogens is 1. The Hall–Kier alpha value is -1.50. The van der Waals surface area contributed by atoms with Gasteiger partial charge in [-0.15, -0.1) is 0 Å². The number of benzene rings is 1. The fourth-order valence-electron chi connectivity index (χ4n) is 3.87. The lowest BCUT2D eigenvalue weighted by atomic mass is 10.2. The number of guanidine groups is 1. The molecule has 2 fully saturated rings. The van der Waals surface area contributed by atoms with Crippen LogP contribution in [0, 0.1) is 0 Å². The Balaban J connectivity index is 1.54. The highest BCUT2D eigenvalue weighted by atomic mass is 35.5. The second-order valence-corrected chi connectivity index (χ2v) is 8.27.